The molecule has 0 aliphatic heterocycles. The molecule has 5 heteroatoms. The number of nitrogens with zero attached hydrogens (tertiary/aromatic N) is 2. The minimum absolute atomic E-state index is 0.0313. The van der Waals surface area contributed by atoms with Crippen LogP contribution in [0.1, 0.15) is 17.5 Å². The van der Waals surface area contributed by atoms with Gasteiger partial charge in [0, 0.05) is 13.2 Å². The summed E-state index contributed by atoms with van der Waals surface area (Å²) in [6.07, 6.45) is 1.78. The number of rotatable bonds is 3. The second-order valence-electron chi connectivity index (χ2n) is 3.24. The summed E-state index contributed by atoms with van der Waals surface area (Å²) in [5.74, 6) is 0.868. The van der Waals surface area contributed by atoms with Gasteiger partial charge in [-0.25, -0.2) is 0 Å². The summed E-state index contributed by atoms with van der Waals surface area (Å²) in [5.41, 5.74) is 1.07. The highest BCUT2D eigenvalue weighted by atomic mass is 79.9. The first-order chi connectivity index (χ1) is 7.22. The van der Waals surface area contributed by atoms with Gasteiger partial charge in [-0.1, -0.05) is 0 Å². The molecular weight excluding hydrogens is 258 g/mol. The maximum absolute atomic E-state index is 5.53. The second-order valence-corrected chi connectivity index (χ2v) is 4.02. The molecule has 1 N–H and O–H groups in total. The van der Waals surface area contributed by atoms with E-state index < -0.39 is 0 Å². The fourth-order valence-corrected chi connectivity index (χ4v) is 1.91. The van der Waals surface area contributed by atoms with E-state index in [1.54, 1.807) is 6.20 Å². The third kappa shape index (κ3) is 1.98. The van der Waals surface area contributed by atoms with Gasteiger partial charge in [0.2, 0.25) is 0 Å². The Morgan fingerprint density at radius 3 is 2.73 bits per heavy atom. The van der Waals surface area contributed by atoms with Crippen molar-refractivity contribution >= 4 is 15.9 Å². The maximum Gasteiger partial charge on any atom is 0.169 e. The molecule has 2 rings (SSSR count). The van der Waals surface area contributed by atoms with E-state index in [9.17, 15) is 0 Å². The number of hydrogen-bond acceptors (Lipinski definition) is 3. The summed E-state index contributed by atoms with van der Waals surface area (Å²) in [7, 11) is 3.81. The maximum atomic E-state index is 5.53. The lowest BCUT2D eigenvalue weighted by molar-refractivity contribution is 0.435. The normalized spacial score (nSPS) is 13.0. The van der Waals surface area contributed by atoms with Crippen molar-refractivity contribution < 1.29 is 4.42 Å². The lowest BCUT2D eigenvalue weighted by Gasteiger charge is -2.13. The van der Waals surface area contributed by atoms with Crippen LogP contribution >= 0.6 is 15.9 Å². The molecule has 0 aliphatic rings. The predicted octanol–water partition coefficient (Wildman–Crippen LogP) is 2.08. The molecule has 0 aliphatic carbocycles. The van der Waals surface area contributed by atoms with Crippen LogP contribution in [0.15, 0.2) is 33.5 Å². The summed E-state index contributed by atoms with van der Waals surface area (Å²) in [5, 5.41) is 7.34. The zero-order valence-electron chi connectivity index (χ0n) is 8.57. The fraction of sp³-hybridized carbons (Fsp3) is 0.300. The van der Waals surface area contributed by atoms with Crippen molar-refractivity contribution in [3.63, 3.8) is 0 Å². The smallest absolute Gasteiger partial charge is 0.169 e. The van der Waals surface area contributed by atoms with Crippen LogP contribution in [0.25, 0.3) is 0 Å². The summed E-state index contributed by atoms with van der Waals surface area (Å²) in [6.45, 7) is 0. The van der Waals surface area contributed by atoms with E-state index in [-0.39, 0.29) is 6.04 Å². The van der Waals surface area contributed by atoms with E-state index >= 15 is 0 Å². The molecule has 0 bridgehead atoms. The van der Waals surface area contributed by atoms with Gasteiger partial charge >= 0.3 is 0 Å². The number of hydrogen-bond donors (Lipinski definition) is 1. The van der Waals surface area contributed by atoms with Crippen molar-refractivity contribution in [3.8, 4) is 0 Å². The molecule has 4 nitrogen and oxygen atoms in total. The quantitative estimate of drug-likeness (QED) is 0.928. The monoisotopic (exact) mass is 269 g/mol. The van der Waals surface area contributed by atoms with Crippen LogP contribution in [-0.2, 0) is 7.05 Å². The highest BCUT2D eigenvalue weighted by molar-refractivity contribution is 9.10. The van der Waals surface area contributed by atoms with Crippen LogP contribution < -0.4 is 5.32 Å². The molecular formula is C10H12BrN3O. The van der Waals surface area contributed by atoms with Crippen molar-refractivity contribution in [2.24, 2.45) is 7.05 Å². The average molecular weight is 270 g/mol. The summed E-state index contributed by atoms with van der Waals surface area (Å²) < 4.78 is 8.10. The van der Waals surface area contributed by atoms with E-state index in [1.165, 1.54) is 0 Å². The minimum atomic E-state index is 0.0313. The van der Waals surface area contributed by atoms with Gasteiger partial charge in [-0.05, 0) is 41.2 Å². The standard InChI is InChI=1S/C10H12BrN3O/c1-12-10(7-5-6-13-14(7)2)8-3-4-9(11)15-8/h3-6,10,12H,1-2H3. The molecule has 2 aromatic rings. The van der Waals surface area contributed by atoms with Crippen molar-refractivity contribution in [2.75, 3.05) is 7.05 Å². The Morgan fingerprint density at radius 2 is 2.27 bits per heavy atom. The molecule has 0 radical (unpaired) electrons. The molecule has 1 unspecified atom stereocenters. The first-order valence-corrected chi connectivity index (χ1v) is 5.42. The molecule has 0 spiro atoms. The Kier molecular flexibility index (Phi) is 2.93. The number of furan rings is 1. The average Bonchev–Trinajstić information content (AvgIpc) is 2.79. The third-order valence-corrected chi connectivity index (χ3v) is 2.75. The first kappa shape index (κ1) is 10.4. The van der Waals surface area contributed by atoms with Crippen molar-refractivity contribution in [1.82, 2.24) is 15.1 Å². The van der Waals surface area contributed by atoms with E-state index in [0.717, 1.165) is 16.1 Å². The molecule has 1 atom stereocenters. The molecule has 0 amide bonds. The second kappa shape index (κ2) is 4.20. The van der Waals surface area contributed by atoms with Crippen LogP contribution in [0.3, 0.4) is 0 Å². The molecule has 0 aromatic carbocycles. The Bertz CT molecular complexity index is 449. The Morgan fingerprint density at radius 1 is 1.47 bits per heavy atom. The molecule has 0 saturated heterocycles. The van der Waals surface area contributed by atoms with Crippen LogP contribution in [0.5, 0.6) is 0 Å². The highest BCUT2D eigenvalue weighted by Gasteiger charge is 2.18. The van der Waals surface area contributed by atoms with Gasteiger partial charge in [-0.3, -0.25) is 4.68 Å². The van der Waals surface area contributed by atoms with Crippen LogP contribution in [0.2, 0.25) is 0 Å². The zero-order chi connectivity index (χ0) is 10.8. The first-order valence-electron chi connectivity index (χ1n) is 4.62. The molecule has 80 valence electrons. The lowest BCUT2D eigenvalue weighted by Crippen LogP contribution is -2.19. The van der Waals surface area contributed by atoms with Gasteiger partial charge in [0.15, 0.2) is 4.67 Å². The van der Waals surface area contributed by atoms with Crippen molar-refractivity contribution in [3.05, 3.63) is 40.5 Å². The number of aryl methyl sites for hydroxylation is 1. The van der Waals surface area contributed by atoms with Gasteiger partial charge in [0.05, 0.1) is 5.69 Å². The van der Waals surface area contributed by atoms with E-state index in [2.05, 4.69) is 26.3 Å². The molecule has 2 aromatic heterocycles. The SMILES string of the molecule is CNC(c1ccc(Br)o1)c1ccnn1C. The highest BCUT2D eigenvalue weighted by Crippen LogP contribution is 2.25. The fourth-order valence-electron chi connectivity index (χ4n) is 1.59. The Labute approximate surface area is 96.4 Å². The third-order valence-electron chi connectivity index (χ3n) is 2.32. The predicted molar refractivity (Wildman–Crippen MR) is 60.5 cm³/mol. The Balaban J connectivity index is 2.36. The van der Waals surface area contributed by atoms with Gasteiger partial charge in [0.1, 0.15) is 11.8 Å². The van der Waals surface area contributed by atoms with Gasteiger partial charge in [-0.15, -0.1) is 0 Å². The van der Waals surface area contributed by atoms with Crippen molar-refractivity contribution in [2.45, 2.75) is 6.04 Å². The van der Waals surface area contributed by atoms with Crippen LogP contribution in [-0.4, -0.2) is 16.8 Å². The molecule has 0 fully saturated rings. The largest absolute Gasteiger partial charge is 0.452 e. The van der Waals surface area contributed by atoms with Crippen molar-refractivity contribution in [1.29, 1.82) is 0 Å². The van der Waals surface area contributed by atoms with Gasteiger partial charge in [0.25, 0.3) is 0 Å². The number of aromatic nitrogens is 2. The summed E-state index contributed by atoms with van der Waals surface area (Å²) >= 11 is 3.29. The molecule has 2 heterocycles. The lowest BCUT2D eigenvalue weighted by atomic mass is 10.1. The molecule has 0 saturated carbocycles. The molecule has 15 heavy (non-hydrogen) atoms. The number of halogens is 1. The zero-order valence-corrected chi connectivity index (χ0v) is 10.2. The van der Waals surface area contributed by atoms with E-state index in [0.29, 0.717) is 0 Å². The minimum Gasteiger partial charge on any atom is -0.452 e. The van der Waals surface area contributed by atoms with E-state index in [1.807, 2.05) is 37.0 Å². The number of nitrogens with one attached hydrogen (secondary N) is 1. The van der Waals surface area contributed by atoms with Gasteiger partial charge in [-0.2, -0.15) is 5.10 Å². The Hall–Kier alpha value is -1.07. The van der Waals surface area contributed by atoms with Crippen LogP contribution in [0.4, 0.5) is 0 Å². The summed E-state index contributed by atoms with van der Waals surface area (Å²) in [6, 6.07) is 5.83. The van der Waals surface area contributed by atoms with Crippen LogP contribution in [0, 0.1) is 0 Å². The van der Waals surface area contributed by atoms with E-state index in [4.69, 9.17) is 4.42 Å². The van der Waals surface area contributed by atoms with Gasteiger partial charge < -0.3 is 9.73 Å². The summed E-state index contributed by atoms with van der Waals surface area (Å²) in [4.78, 5) is 0. The topological polar surface area (TPSA) is 43.0 Å².